The maximum Gasteiger partial charge on any atom is 0.330 e. The molecular weight excluding hydrogens is 228 g/mol. The van der Waals surface area contributed by atoms with E-state index in [0.717, 1.165) is 6.08 Å². The smallest absolute Gasteiger partial charge is 0.330 e. The summed E-state index contributed by atoms with van der Waals surface area (Å²) in [6.45, 7) is 4.15. The van der Waals surface area contributed by atoms with E-state index in [-0.39, 0.29) is 0 Å². The molecule has 0 aromatic heterocycles. The van der Waals surface area contributed by atoms with E-state index in [9.17, 15) is 9.90 Å². The summed E-state index contributed by atoms with van der Waals surface area (Å²) in [4.78, 5) is 12.9. The number of aliphatic hydroxyl groups is 1. The van der Waals surface area contributed by atoms with E-state index in [0.29, 0.717) is 24.6 Å². The van der Waals surface area contributed by atoms with Gasteiger partial charge in [-0.25, -0.2) is 4.79 Å². The zero-order chi connectivity index (χ0) is 12.0. The summed E-state index contributed by atoms with van der Waals surface area (Å²) in [5.74, 6) is -0.436. The van der Waals surface area contributed by atoms with Gasteiger partial charge >= 0.3 is 5.97 Å². The van der Waals surface area contributed by atoms with E-state index in [2.05, 4.69) is 11.9 Å². The van der Waals surface area contributed by atoms with Crippen LogP contribution in [0.5, 0.6) is 0 Å². The number of aliphatic hydroxyl groups excluding tert-OH is 1. The lowest BCUT2D eigenvalue weighted by atomic mass is 10.3. The SMILES string of the molecule is C=CC(=O)OCCCN1C=CC(=S)NC1O. The Kier molecular flexibility index (Phi) is 4.94. The number of nitrogens with one attached hydrogen (secondary N) is 1. The number of rotatable bonds is 5. The molecule has 1 heterocycles. The summed E-state index contributed by atoms with van der Waals surface area (Å²) in [5, 5.41) is 12.2. The van der Waals surface area contributed by atoms with E-state index in [1.807, 2.05) is 0 Å². The van der Waals surface area contributed by atoms with Gasteiger partial charge in [0.25, 0.3) is 0 Å². The van der Waals surface area contributed by atoms with Crippen molar-refractivity contribution in [2.45, 2.75) is 12.8 Å². The molecule has 0 saturated carbocycles. The third kappa shape index (κ3) is 4.00. The fourth-order valence-corrected chi connectivity index (χ4v) is 1.35. The maximum atomic E-state index is 10.7. The Morgan fingerprint density at radius 2 is 2.56 bits per heavy atom. The molecule has 0 fully saturated rings. The second kappa shape index (κ2) is 6.24. The van der Waals surface area contributed by atoms with Crippen LogP contribution >= 0.6 is 12.2 Å². The van der Waals surface area contributed by atoms with Crippen molar-refractivity contribution in [2.75, 3.05) is 13.2 Å². The molecule has 1 aliphatic heterocycles. The number of nitrogens with zero attached hydrogens (tertiary/aromatic N) is 1. The predicted molar refractivity (Wildman–Crippen MR) is 63.4 cm³/mol. The molecule has 6 heteroatoms. The number of hydrogen-bond acceptors (Lipinski definition) is 5. The Morgan fingerprint density at radius 3 is 3.19 bits per heavy atom. The summed E-state index contributed by atoms with van der Waals surface area (Å²) in [5.41, 5.74) is 0. The van der Waals surface area contributed by atoms with Gasteiger partial charge < -0.3 is 20.1 Å². The van der Waals surface area contributed by atoms with E-state index in [1.54, 1.807) is 17.2 Å². The Balaban J connectivity index is 2.22. The van der Waals surface area contributed by atoms with Gasteiger partial charge in [-0.05, 0) is 12.5 Å². The Labute approximate surface area is 99.4 Å². The molecule has 0 aliphatic carbocycles. The van der Waals surface area contributed by atoms with E-state index in [1.165, 1.54) is 0 Å². The van der Waals surface area contributed by atoms with Crippen LogP contribution in [0.15, 0.2) is 24.9 Å². The van der Waals surface area contributed by atoms with Crippen molar-refractivity contribution >= 4 is 23.2 Å². The van der Waals surface area contributed by atoms with E-state index < -0.39 is 12.3 Å². The fourth-order valence-electron chi connectivity index (χ4n) is 1.18. The Hall–Kier alpha value is -1.40. The first-order valence-electron chi connectivity index (χ1n) is 4.85. The first-order chi connectivity index (χ1) is 7.63. The topological polar surface area (TPSA) is 61.8 Å². The second-order valence-corrected chi connectivity index (χ2v) is 3.60. The highest BCUT2D eigenvalue weighted by Gasteiger charge is 2.15. The van der Waals surface area contributed by atoms with Crippen LogP contribution in [0.1, 0.15) is 6.42 Å². The minimum atomic E-state index is -0.812. The van der Waals surface area contributed by atoms with Crippen LogP contribution in [0.25, 0.3) is 0 Å². The molecule has 0 bridgehead atoms. The molecule has 1 aliphatic rings. The molecule has 5 nitrogen and oxygen atoms in total. The monoisotopic (exact) mass is 242 g/mol. The predicted octanol–water partition coefficient (Wildman–Crippen LogP) is 0.128. The molecular formula is C10H14N2O3S. The molecule has 2 N–H and O–H groups in total. The van der Waals surface area contributed by atoms with Gasteiger partial charge in [0.15, 0.2) is 0 Å². The summed E-state index contributed by atoms with van der Waals surface area (Å²) >= 11 is 4.86. The van der Waals surface area contributed by atoms with Crippen molar-refractivity contribution in [3.8, 4) is 0 Å². The summed E-state index contributed by atoms with van der Waals surface area (Å²) in [6, 6.07) is 0. The van der Waals surface area contributed by atoms with E-state index in [4.69, 9.17) is 17.0 Å². The molecule has 16 heavy (non-hydrogen) atoms. The highest BCUT2D eigenvalue weighted by molar-refractivity contribution is 7.80. The molecule has 1 unspecified atom stereocenters. The summed E-state index contributed by atoms with van der Waals surface area (Å²) in [7, 11) is 0. The lowest BCUT2D eigenvalue weighted by Crippen LogP contribution is -2.48. The minimum absolute atomic E-state index is 0.298. The van der Waals surface area contributed by atoms with Crippen LogP contribution in [0.3, 0.4) is 0 Å². The van der Waals surface area contributed by atoms with Crippen molar-refractivity contribution in [3.63, 3.8) is 0 Å². The lowest BCUT2D eigenvalue weighted by molar-refractivity contribution is -0.137. The number of esters is 1. The molecule has 88 valence electrons. The van der Waals surface area contributed by atoms with Crippen molar-refractivity contribution in [1.82, 2.24) is 10.2 Å². The zero-order valence-corrected chi connectivity index (χ0v) is 9.57. The molecule has 0 radical (unpaired) electrons. The molecule has 1 rings (SSSR count). The van der Waals surface area contributed by atoms with Gasteiger partial charge in [-0.3, -0.25) is 0 Å². The molecule has 1 atom stereocenters. The third-order valence-electron chi connectivity index (χ3n) is 1.97. The number of carbonyl (C=O) groups excluding carboxylic acids is 1. The lowest BCUT2D eigenvalue weighted by Gasteiger charge is -2.30. The average molecular weight is 242 g/mol. The molecule has 0 aromatic carbocycles. The Morgan fingerprint density at radius 1 is 1.81 bits per heavy atom. The van der Waals surface area contributed by atoms with Crippen LogP contribution in [-0.2, 0) is 9.53 Å². The van der Waals surface area contributed by atoms with Crippen molar-refractivity contribution in [3.05, 3.63) is 24.9 Å². The Bertz CT molecular complexity index is 317. The largest absolute Gasteiger partial charge is 0.462 e. The molecule has 0 saturated heterocycles. The van der Waals surface area contributed by atoms with Crippen LogP contribution in [0, 0.1) is 0 Å². The van der Waals surface area contributed by atoms with E-state index >= 15 is 0 Å². The molecule has 0 amide bonds. The van der Waals surface area contributed by atoms with Crippen molar-refractivity contribution < 1.29 is 14.6 Å². The van der Waals surface area contributed by atoms with Crippen LogP contribution < -0.4 is 5.32 Å². The first-order valence-corrected chi connectivity index (χ1v) is 5.26. The van der Waals surface area contributed by atoms with Crippen LogP contribution in [-0.4, -0.2) is 40.5 Å². The van der Waals surface area contributed by atoms with Crippen LogP contribution in [0.4, 0.5) is 0 Å². The highest BCUT2D eigenvalue weighted by Crippen LogP contribution is 2.03. The number of carbonyl (C=O) groups is 1. The average Bonchev–Trinajstić information content (AvgIpc) is 2.26. The number of thiocarbonyl (C=S) groups is 1. The number of hydrogen-bond donors (Lipinski definition) is 2. The van der Waals surface area contributed by atoms with Gasteiger partial charge in [0.2, 0.25) is 6.35 Å². The molecule has 0 aromatic rings. The van der Waals surface area contributed by atoms with Crippen LogP contribution in [0.2, 0.25) is 0 Å². The fraction of sp³-hybridized carbons (Fsp3) is 0.400. The van der Waals surface area contributed by atoms with Gasteiger partial charge in [0.1, 0.15) is 4.99 Å². The maximum absolute atomic E-state index is 10.7. The number of ether oxygens (including phenoxy) is 1. The van der Waals surface area contributed by atoms with Crippen molar-refractivity contribution in [2.24, 2.45) is 0 Å². The zero-order valence-electron chi connectivity index (χ0n) is 8.76. The normalized spacial score (nSPS) is 19.2. The van der Waals surface area contributed by atoms with Gasteiger partial charge in [-0.15, -0.1) is 0 Å². The minimum Gasteiger partial charge on any atom is -0.462 e. The molecule has 0 spiro atoms. The van der Waals surface area contributed by atoms with Gasteiger partial charge in [-0.1, -0.05) is 18.8 Å². The van der Waals surface area contributed by atoms with Crippen molar-refractivity contribution in [1.29, 1.82) is 0 Å². The van der Waals surface area contributed by atoms with Gasteiger partial charge in [-0.2, -0.15) is 0 Å². The standard InChI is InChI=1S/C10H14N2O3S/c1-2-9(13)15-7-3-5-12-6-4-8(16)11-10(12)14/h2,4,6,10,14H,1,3,5,7H2,(H,11,16). The quantitative estimate of drug-likeness (QED) is 0.309. The highest BCUT2D eigenvalue weighted by atomic mass is 32.1. The summed E-state index contributed by atoms with van der Waals surface area (Å²) in [6.07, 6.45) is 4.33. The van der Waals surface area contributed by atoms with Gasteiger partial charge in [0, 0.05) is 18.8 Å². The first kappa shape index (κ1) is 12.7. The third-order valence-corrected chi connectivity index (χ3v) is 2.23. The van der Waals surface area contributed by atoms with Gasteiger partial charge in [0.05, 0.1) is 6.61 Å². The summed E-state index contributed by atoms with van der Waals surface area (Å²) < 4.78 is 4.80. The second-order valence-electron chi connectivity index (χ2n) is 3.16.